The van der Waals surface area contributed by atoms with Gasteiger partial charge in [0.1, 0.15) is 5.75 Å². The van der Waals surface area contributed by atoms with Gasteiger partial charge in [-0.2, -0.15) is 0 Å². The van der Waals surface area contributed by atoms with Crippen LogP contribution in [0.2, 0.25) is 0 Å². The summed E-state index contributed by atoms with van der Waals surface area (Å²) in [5.41, 5.74) is 1.63. The molecule has 4 nitrogen and oxygen atoms in total. The molecule has 5 heteroatoms. The highest BCUT2D eigenvalue weighted by molar-refractivity contribution is 7.99. The average molecular weight is 372 g/mol. The van der Waals surface area contributed by atoms with E-state index < -0.39 is 0 Å². The number of hydrogen-bond donors (Lipinski definition) is 0. The standard InChI is InChI=1S/C21H27N2O2S/c1-4-6-12-24-19-15-21(26-17-10-8-16(3)9-11-17)20(14-18(19)23-22)25-13-7-5-2/h8-11,14-15H,4-7,12-13H2,1-3H3/q+1. The average Bonchev–Trinajstić information content (AvgIpc) is 2.65. The van der Waals surface area contributed by atoms with E-state index in [-0.39, 0.29) is 0 Å². The van der Waals surface area contributed by atoms with Crippen molar-refractivity contribution in [3.63, 3.8) is 0 Å². The lowest BCUT2D eigenvalue weighted by Crippen LogP contribution is -2.00. The fraction of sp³-hybridized carbons (Fsp3) is 0.429. The predicted octanol–water partition coefficient (Wildman–Crippen LogP) is 6.99. The quantitative estimate of drug-likeness (QED) is 0.333. The summed E-state index contributed by atoms with van der Waals surface area (Å²) < 4.78 is 11.8. The molecule has 138 valence electrons. The third-order valence-corrected chi connectivity index (χ3v) is 4.94. The minimum Gasteiger partial charge on any atom is -0.492 e. The maximum atomic E-state index is 9.36. The first kappa shape index (κ1) is 20.1. The van der Waals surface area contributed by atoms with E-state index in [1.807, 2.05) is 6.07 Å². The Kier molecular flexibility index (Phi) is 8.30. The second kappa shape index (κ2) is 10.7. The highest BCUT2D eigenvalue weighted by Gasteiger charge is 2.21. The van der Waals surface area contributed by atoms with Gasteiger partial charge in [0.2, 0.25) is 11.1 Å². The van der Waals surface area contributed by atoms with E-state index >= 15 is 0 Å². The largest absolute Gasteiger partial charge is 0.492 e. The lowest BCUT2D eigenvalue weighted by Gasteiger charge is -2.12. The molecular weight excluding hydrogens is 344 g/mol. The summed E-state index contributed by atoms with van der Waals surface area (Å²) in [6.45, 7) is 7.56. The maximum Gasteiger partial charge on any atom is 0.430 e. The molecule has 2 aromatic carbocycles. The van der Waals surface area contributed by atoms with Crippen LogP contribution in [-0.4, -0.2) is 13.2 Å². The second-order valence-electron chi connectivity index (χ2n) is 6.19. The van der Waals surface area contributed by atoms with Gasteiger partial charge in [0.15, 0.2) is 4.98 Å². The van der Waals surface area contributed by atoms with Crippen LogP contribution in [0.5, 0.6) is 11.5 Å². The Hall–Kier alpha value is -2.19. The molecule has 0 fully saturated rings. The molecule has 0 aliphatic rings. The van der Waals surface area contributed by atoms with Gasteiger partial charge < -0.3 is 9.47 Å². The Labute approximate surface area is 160 Å². The first-order valence-electron chi connectivity index (χ1n) is 9.21. The molecule has 0 amide bonds. The van der Waals surface area contributed by atoms with E-state index in [0.29, 0.717) is 24.7 Å². The third-order valence-electron chi connectivity index (χ3n) is 3.89. The van der Waals surface area contributed by atoms with Gasteiger partial charge in [-0.05, 0) is 31.9 Å². The van der Waals surface area contributed by atoms with Gasteiger partial charge in [0, 0.05) is 11.0 Å². The maximum absolute atomic E-state index is 9.36. The number of rotatable bonds is 10. The molecule has 2 aromatic rings. The van der Waals surface area contributed by atoms with Gasteiger partial charge in [0.25, 0.3) is 0 Å². The molecule has 0 saturated carbocycles. The molecule has 0 bridgehead atoms. The normalized spacial score (nSPS) is 10.4. The third kappa shape index (κ3) is 5.96. The van der Waals surface area contributed by atoms with Crippen molar-refractivity contribution in [2.75, 3.05) is 13.2 Å². The minimum absolute atomic E-state index is 0.404. The van der Waals surface area contributed by atoms with Crippen LogP contribution in [0.15, 0.2) is 46.2 Å². The summed E-state index contributed by atoms with van der Waals surface area (Å²) >= 11 is 1.63. The smallest absolute Gasteiger partial charge is 0.430 e. The fourth-order valence-electron chi connectivity index (χ4n) is 2.30. The topological polar surface area (TPSA) is 46.6 Å². The predicted molar refractivity (Wildman–Crippen MR) is 107 cm³/mol. The van der Waals surface area contributed by atoms with Crippen LogP contribution in [0.3, 0.4) is 0 Å². The summed E-state index contributed by atoms with van der Waals surface area (Å²) in [4.78, 5) is 5.47. The van der Waals surface area contributed by atoms with Crippen LogP contribution >= 0.6 is 11.8 Å². The molecule has 2 rings (SSSR count). The SMILES string of the molecule is CCCCOc1cc(Sc2ccc(C)cc2)c(OCCCC)cc1[N+]#N. The molecule has 0 saturated heterocycles. The lowest BCUT2D eigenvalue weighted by atomic mass is 10.2. The Bertz CT molecular complexity index is 739. The zero-order chi connectivity index (χ0) is 18.8. The number of nitrogens with zero attached hydrogens (tertiary/aromatic N) is 2. The van der Waals surface area contributed by atoms with Crippen molar-refractivity contribution in [3.05, 3.63) is 46.9 Å². The Morgan fingerprint density at radius 3 is 2.12 bits per heavy atom. The number of ether oxygens (including phenoxy) is 2. The summed E-state index contributed by atoms with van der Waals surface area (Å²) in [6.07, 6.45) is 4.06. The van der Waals surface area contributed by atoms with E-state index in [0.717, 1.165) is 41.2 Å². The molecule has 0 aromatic heterocycles. The van der Waals surface area contributed by atoms with Gasteiger partial charge in [-0.3, -0.25) is 0 Å². The van der Waals surface area contributed by atoms with E-state index in [2.05, 4.69) is 50.0 Å². The van der Waals surface area contributed by atoms with Gasteiger partial charge in [0.05, 0.1) is 24.2 Å². The molecule has 0 aliphatic carbocycles. The van der Waals surface area contributed by atoms with E-state index in [1.54, 1.807) is 17.8 Å². The van der Waals surface area contributed by atoms with Crippen LogP contribution in [-0.2, 0) is 0 Å². The monoisotopic (exact) mass is 371 g/mol. The molecule has 0 aliphatic heterocycles. The van der Waals surface area contributed by atoms with Crippen LogP contribution in [0, 0.1) is 12.3 Å². The first-order valence-corrected chi connectivity index (χ1v) is 10.0. The van der Waals surface area contributed by atoms with Crippen molar-refractivity contribution in [2.45, 2.75) is 56.2 Å². The molecule has 0 N–H and O–H groups in total. The van der Waals surface area contributed by atoms with Crippen LogP contribution < -0.4 is 9.47 Å². The van der Waals surface area contributed by atoms with Crippen LogP contribution in [0.1, 0.15) is 45.1 Å². The van der Waals surface area contributed by atoms with Crippen molar-refractivity contribution < 1.29 is 9.47 Å². The second-order valence-corrected chi connectivity index (χ2v) is 7.30. The zero-order valence-corrected chi connectivity index (χ0v) is 16.6. The number of benzene rings is 2. The van der Waals surface area contributed by atoms with Gasteiger partial charge in [-0.25, -0.2) is 0 Å². The minimum atomic E-state index is 0.404. The highest BCUT2D eigenvalue weighted by Crippen LogP contribution is 2.43. The molecule has 0 spiro atoms. The molecular formula is C21H27N2O2S+. The van der Waals surface area contributed by atoms with Gasteiger partial charge in [-0.15, -0.1) is 0 Å². The Morgan fingerprint density at radius 1 is 0.923 bits per heavy atom. The van der Waals surface area contributed by atoms with Crippen molar-refractivity contribution in [1.82, 2.24) is 0 Å². The molecule has 0 unspecified atom stereocenters. The lowest BCUT2D eigenvalue weighted by molar-refractivity contribution is 0.296. The number of unbranched alkanes of at least 4 members (excludes halogenated alkanes) is 2. The zero-order valence-electron chi connectivity index (χ0n) is 15.8. The molecule has 0 radical (unpaired) electrons. The van der Waals surface area contributed by atoms with Crippen molar-refractivity contribution >= 4 is 17.4 Å². The Morgan fingerprint density at radius 2 is 1.54 bits per heavy atom. The number of hydrogen-bond acceptors (Lipinski definition) is 4. The van der Waals surface area contributed by atoms with Gasteiger partial charge >= 0.3 is 5.69 Å². The van der Waals surface area contributed by atoms with E-state index in [4.69, 9.17) is 9.47 Å². The Balaban J connectivity index is 2.31. The number of diazo groups is 1. The van der Waals surface area contributed by atoms with Crippen LogP contribution in [0.4, 0.5) is 5.69 Å². The summed E-state index contributed by atoms with van der Waals surface area (Å²) in [5, 5.41) is 9.36. The first-order chi connectivity index (χ1) is 12.7. The van der Waals surface area contributed by atoms with Gasteiger partial charge in [-0.1, -0.05) is 56.1 Å². The fourth-order valence-corrected chi connectivity index (χ4v) is 3.21. The van der Waals surface area contributed by atoms with Crippen molar-refractivity contribution in [1.29, 1.82) is 5.39 Å². The van der Waals surface area contributed by atoms with Crippen LogP contribution in [0.25, 0.3) is 4.98 Å². The van der Waals surface area contributed by atoms with E-state index in [9.17, 15) is 5.39 Å². The van der Waals surface area contributed by atoms with Crippen molar-refractivity contribution in [3.8, 4) is 11.5 Å². The molecule has 0 atom stereocenters. The molecule has 26 heavy (non-hydrogen) atoms. The highest BCUT2D eigenvalue weighted by atomic mass is 32.2. The number of aryl methyl sites for hydroxylation is 1. The summed E-state index contributed by atoms with van der Waals surface area (Å²) in [6, 6.07) is 12.0. The summed E-state index contributed by atoms with van der Waals surface area (Å²) in [7, 11) is 0. The van der Waals surface area contributed by atoms with Crippen molar-refractivity contribution in [2.24, 2.45) is 0 Å². The summed E-state index contributed by atoms with van der Waals surface area (Å²) in [5.74, 6) is 1.30. The molecule has 0 heterocycles. The van der Waals surface area contributed by atoms with E-state index in [1.165, 1.54) is 5.56 Å².